The zero-order valence-electron chi connectivity index (χ0n) is 8.86. The molecule has 0 aliphatic carbocycles. The molecule has 0 aliphatic rings. The number of aromatic amines is 1. The number of likely N-dealkylation sites (N-methyl/N-ethyl adjacent to an activating group) is 1. The average Bonchev–Trinajstić information content (AvgIpc) is 2.62. The minimum Gasteiger partial charge on any atom is -0.507 e. The van der Waals surface area contributed by atoms with Crippen molar-refractivity contribution < 1.29 is 15.3 Å². The predicted molar refractivity (Wildman–Crippen MR) is 59.9 cm³/mol. The number of hydrogen-bond donors (Lipinski definition) is 5. The highest BCUT2D eigenvalue weighted by Crippen LogP contribution is 2.28. The van der Waals surface area contributed by atoms with Crippen molar-refractivity contribution in [2.24, 2.45) is 0 Å². The van der Waals surface area contributed by atoms with Crippen LogP contribution in [0.25, 0.3) is 10.9 Å². The maximum Gasteiger partial charge on any atom is 0.226 e. The lowest BCUT2D eigenvalue weighted by Gasteiger charge is -2.20. The highest BCUT2D eigenvalue weighted by molar-refractivity contribution is 5.89. The second-order valence-electron chi connectivity index (χ2n) is 3.76. The van der Waals surface area contributed by atoms with Gasteiger partial charge in [-0.05, 0) is 24.7 Å². The molecule has 2 aromatic rings. The fourth-order valence-corrected chi connectivity index (χ4v) is 1.73. The summed E-state index contributed by atoms with van der Waals surface area (Å²) in [5.74, 6) is -1.85. The van der Waals surface area contributed by atoms with Gasteiger partial charge in [0.1, 0.15) is 5.75 Å². The van der Waals surface area contributed by atoms with Crippen molar-refractivity contribution >= 4 is 10.9 Å². The first kappa shape index (κ1) is 10.9. The third-order valence-corrected chi connectivity index (χ3v) is 2.60. The Morgan fingerprint density at radius 1 is 1.38 bits per heavy atom. The van der Waals surface area contributed by atoms with Crippen LogP contribution in [0.1, 0.15) is 5.56 Å². The molecule has 0 fully saturated rings. The maximum absolute atomic E-state index is 9.71. The fourth-order valence-electron chi connectivity index (χ4n) is 1.73. The number of aromatic hydroxyl groups is 1. The van der Waals surface area contributed by atoms with Crippen LogP contribution in [0.4, 0.5) is 0 Å². The lowest BCUT2D eigenvalue weighted by atomic mass is 10.1. The van der Waals surface area contributed by atoms with Crippen LogP contribution < -0.4 is 5.32 Å². The highest BCUT2D eigenvalue weighted by Gasteiger charge is 2.23. The van der Waals surface area contributed by atoms with Crippen LogP contribution in [0.15, 0.2) is 24.4 Å². The zero-order valence-corrected chi connectivity index (χ0v) is 8.86. The Kier molecular flexibility index (Phi) is 2.59. The Morgan fingerprint density at radius 2 is 2.12 bits per heavy atom. The van der Waals surface area contributed by atoms with Gasteiger partial charge in [0.25, 0.3) is 0 Å². The molecule has 0 aliphatic heterocycles. The van der Waals surface area contributed by atoms with Crippen LogP contribution in [0, 0.1) is 0 Å². The summed E-state index contributed by atoms with van der Waals surface area (Å²) in [5, 5.41) is 31.7. The second-order valence-corrected chi connectivity index (χ2v) is 3.76. The van der Waals surface area contributed by atoms with Gasteiger partial charge in [-0.25, -0.2) is 0 Å². The van der Waals surface area contributed by atoms with Crippen molar-refractivity contribution in [1.82, 2.24) is 10.3 Å². The lowest BCUT2D eigenvalue weighted by molar-refractivity contribution is -0.179. The minimum absolute atomic E-state index is 0.0128. The molecule has 0 atom stereocenters. The van der Waals surface area contributed by atoms with E-state index in [1.165, 1.54) is 7.05 Å². The van der Waals surface area contributed by atoms with Crippen molar-refractivity contribution in [3.63, 3.8) is 0 Å². The number of H-pyrrole nitrogens is 1. The van der Waals surface area contributed by atoms with Gasteiger partial charge in [0.05, 0.1) is 0 Å². The summed E-state index contributed by atoms with van der Waals surface area (Å²) in [6.07, 6.45) is 1.64. The molecule has 1 heterocycles. The summed E-state index contributed by atoms with van der Waals surface area (Å²) < 4.78 is 0. The van der Waals surface area contributed by atoms with E-state index < -0.39 is 5.91 Å². The molecule has 0 amide bonds. The molecular weight excluding hydrogens is 208 g/mol. The molecule has 0 bridgehead atoms. The summed E-state index contributed by atoms with van der Waals surface area (Å²) in [6, 6.07) is 5.10. The number of phenols is 1. The molecule has 0 unspecified atom stereocenters. The molecule has 5 nitrogen and oxygen atoms in total. The lowest BCUT2D eigenvalue weighted by Crippen LogP contribution is -2.44. The van der Waals surface area contributed by atoms with E-state index in [9.17, 15) is 15.3 Å². The van der Waals surface area contributed by atoms with Gasteiger partial charge in [-0.3, -0.25) is 5.32 Å². The molecule has 5 heteroatoms. The molecule has 16 heavy (non-hydrogen) atoms. The highest BCUT2D eigenvalue weighted by atomic mass is 16.5. The molecule has 0 saturated heterocycles. The number of nitrogens with one attached hydrogen (secondary N) is 2. The Morgan fingerprint density at radius 3 is 2.81 bits per heavy atom. The molecule has 0 saturated carbocycles. The number of benzene rings is 1. The normalized spacial score (nSPS) is 12.2. The van der Waals surface area contributed by atoms with Crippen LogP contribution >= 0.6 is 0 Å². The molecular formula is C11H14N2O3. The Balaban J connectivity index is 2.46. The van der Waals surface area contributed by atoms with Gasteiger partial charge in [-0.2, -0.15) is 0 Å². The topological polar surface area (TPSA) is 88.5 Å². The molecule has 5 N–H and O–H groups in total. The van der Waals surface area contributed by atoms with Crippen molar-refractivity contribution in [3.8, 4) is 5.75 Å². The Bertz CT molecular complexity index is 505. The average molecular weight is 222 g/mol. The first-order valence-electron chi connectivity index (χ1n) is 4.95. The number of phenolic OH excluding ortho intramolecular Hbond substituents is 1. The van der Waals surface area contributed by atoms with Crippen LogP contribution in [-0.2, 0) is 6.42 Å². The zero-order chi connectivity index (χ0) is 11.8. The van der Waals surface area contributed by atoms with Gasteiger partial charge < -0.3 is 20.3 Å². The summed E-state index contributed by atoms with van der Waals surface area (Å²) >= 11 is 0. The maximum atomic E-state index is 9.71. The summed E-state index contributed by atoms with van der Waals surface area (Å²) in [7, 11) is 1.45. The smallest absolute Gasteiger partial charge is 0.226 e. The van der Waals surface area contributed by atoms with Gasteiger partial charge in [0, 0.05) is 23.5 Å². The number of aromatic nitrogens is 1. The van der Waals surface area contributed by atoms with E-state index in [0.29, 0.717) is 10.9 Å². The van der Waals surface area contributed by atoms with E-state index in [0.717, 1.165) is 5.52 Å². The Labute approximate surface area is 92.3 Å². The van der Waals surface area contributed by atoms with Gasteiger partial charge in [-0.1, -0.05) is 6.07 Å². The van der Waals surface area contributed by atoms with Crippen LogP contribution in [0.5, 0.6) is 5.75 Å². The van der Waals surface area contributed by atoms with Crippen LogP contribution in [0.2, 0.25) is 0 Å². The third-order valence-electron chi connectivity index (χ3n) is 2.60. The van der Waals surface area contributed by atoms with Crippen LogP contribution in [0.3, 0.4) is 0 Å². The van der Waals surface area contributed by atoms with Gasteiger partial charge >= 0.3 is 0 Å². The van der Waals surface area contributed by atoms with E-state index >= 15 is 0 Å². The minimum atomic E-state index is -1.97. The Hall–Kier alpha value is -1.56. The summed E-state index contributed by atoms with van der Waals surface area (Å²) in [6.45, 7) is 0. The van der Waals surface area contributed by atoms with E-state index in [1.54, 1.807) is 18.3 Å². The monoisotopic (exact) mass is 222 g/mol. The molecule has 1 aromatic heterocycles. The molecule has 1 aromatic carbocycles. The van der Waals surface area contributed by atoms with E-state index in [-0.39, 0.29) is 12.2 Å². The van der Waals surface area contributed by atoms with Crippen LogP contribution in [-0.4, -0.2) is 33.3 Å². The second kappa shape index (κ2) is 3.79. The predicted octanol–water partition coefficient (Wildman–Crippen LogP) is 0.274. The number of hydrogen-bond acceptors (Lipinski definition) is 4. The van der Waals surface area contributed by atoms with Crippen molar-refractivity contribution in [2.75, 3.05) is 7.05 Å². The van der Waals surface area contributed by atoms with Crippen molar-refractivity contribution in [1.29, 1.82) is 0 Å². The van der Waals surface area contributed by atoms with Crippen molar-refractivity contribution in [2.45, 2.75) is 12.3 Å². The van der Waals surface area contributed by atoms with E-state index in [2.05, 4.69) is 10.3 Å². The van der Waals surface area contributed by atoms with E-state index in [4.69, 9.17) is 0 Å². The van der Waals surface area contributed by atoms with Gasteiger partial charge in [0.2, 0.25) is 5.91 Å². The summed E-state index contributed by atoms with van der Waals surface area (Å²) in [4.78, 5) is 2.97. The number of rotatable bonds is 3. The van der Waals surface area contributed by atoms with E-state index in [1.807, 2.05) is 6.07 Å². The molecule has 0 radical (unpaired) electrons. The number of fused-ring (bicyclic) bond motifs is 1. The third kappa shape index (κ3) is 1.88. The summed E-state index contributed by atoms with van der Waals surface area (Å²) in [5.41, 5.74) is 1.41. The number of aliphatic hydroxyl groups is 2. The van der Waals surface area contributed by atoms with Gasteiger partial charge in [0.15, 0.2) is 0 Å². The molecule has 86 valence electrons. The first-order chi connectivity index (χ1) is 7.53. The SMILES string of the molecule is CNC(O)(O)Cc1c[nH]c2cccc(O)c12. The van der Waals surface area contributed by atoms with Crippen molar-refractivity contribution in [3.05, 3.63) is 30.0 Å². The molecule has 0 spiro atoms. The molecule has 2 rings (SSSR count). The largest absolute Gasteiger partial charge is 0.507 e. The first-order valence-corrected chi connectivity index (χ1v) is 4.95. The van der Waals surface area contributed by atoms with Gasteiger partial charge in [-0.15, -0.1) is 0 Å². The quantitative estimate of drug-likeness (QED) is 0.482. The standard InChI is InChI=1S/C11H14N2O3/c1-12-11(15,16)5-7-6-13-8-3-2-4-9(14)10(7)8/h2-4,6,12-16H,5H2,1H3. The fraction of sp³-hybridized carbons (Fsp3) is 0.273.